The molecule has 1 N–H and O–H groups in total. The Balaban J connectivity index is 1.66. The molecule has 0 saturated heterocycles. The molecule has 4 rings (SSSR count). The highest BCUT2D eigenvalue weighted by Gasteiger charge is 2.18. The van der Waals surface area contributed by atoms with Gasteiger partial charge in [0.15, 0.2) is 0 Å². The summed E-state index contributed by atoms with van der Waals surface area (Å²) in [6.45, 7) is 0. The monoisotopic (exact) mass is 485 g/mol. The number of aromatic nitrogens is 1. The van der Waals surface area contributed by atoms with Crippen LogP contribution in [0.2, 0.25) is 5.02 Å². The van der Waals surface area contributed by atoms with Crippen molar-refractivity contribution in [1.29, 1.82) is 5.26 Å². The largest absolute Gasteiger partial charge is 0.497 e. The SMILES string of the molecule is COc1ccc(NC(=O)CSc2nc(-c3ccccc3)cc(-c3ccccc3Cl)c2C#N)cc1. The van der Waals surface area contributed by atoms with E-state index < -0.39 is 0 Å². The highest BCUT2D eigenvalue weighted by molar-refractivity contribution is 8.00. The van der Waals surface area contributed by atoms with Gasteiger partial charge in [0.25, 0.3) is 0 Å². The van der Waals surface area contributed by atoms with Crippen LogP contribution in [0.4, 0.5) is 5.69 Å². The third-order valence-electron chi connectivity index (χ3n) is 5.05. The van der Waals surface area contributed by atoms with E-state index in [-0.39, 0.29) is 11.7 Å². The van der Waals surface area contributed by atoms with Gasteiger partial charge in [-0.05, 0) is 36.4 Å². The Kier molecular flexibility index (Phi) is 7.48. The molecule has 7 heteroatoms. The lowest BCUT2D eigenvalue weighted by molar-refractivity contribution is -0.113. The Morgan fingerprint density at radius 1 is 1.03 bits per heavy atom. The second-order valence-corrected chi connectivity index (χ2v) is 8.63. The quantitative estimate of drug-likeness (QED) is 0.295. The normalized spacial score (nSPS) is 10.4. The Bertz CT molecular complexity index is 1350. The number of anilines is 1. The van der Waals surface area contributed by atoms with Gasteiger partial charge in [0, 0.05) is 27.4 Å². The molecule has 5 nitrogen and oxygen atoms in total. The first-order valence-corrected chi connectivity index (χ1v) is 11.8. The number of hydrogen-bond acceptors (Lipinski definition) is 5. The molecule has 0 spiro atoms. The maximum atomic E-state index is 12.6. The van der Waals surface area contributed by atoms with E-state index in [9.17, 15) is 10.1 Å². The van der Waals surface area contributed by atoms with Crippen molar-refractivity contribution < 1.29 is 9.53 Å². The molecule has 0 bridgehead atoms. The molecule has 0 fully saturated rings. The van der Waals surface area contributed by atoms with Crippen LogP contribution >= 0.6 is 23.4 Å². The summed E-state index contributed by atoms with van der Waals surface area (Å²) in [4.78, 5) is 17.3. The molecule has 1 amide bonds. The van der Waals surface area contributed by atoms with E-state index in [2.05, 4.69) is 11.4 Å². The van der Waals surface area contributed by atoms with Crippen LogP contribution in [0.1, 0.15) is 5.56 Å². The number of rotatable bonds is 7. The van der Waals surface area contributed by atoms with Crippen molar-refractivity contribution in [2.24, 2.45) is 0 Å². The number of nitrogens with zero attached hydrogens (tertiary/aromatic N) is 2. The van der Waals surface area contributed by atoms with Crippen molar-refractivity contribution in [2.75, 3.05) is 18.2 Å². The number of nitriles is 1. The molecule has 168 valence electrons. The summed E-state index contributed by atoms with van der Waals surface area (Å²) in [6.07, 6.45) is 0. The van der Waals surface area contributed by atoms with Crippen LogP contribution in [-0.4, -0.2) is 23.8 Å². The van der Waals surface area contributed by atoms with Gasteiger partial charge in [0.05, 0.1) is 24.1 Å². The van der Waals surface area contributed by atoms with Gasteiger partial charge in [-0.3, -0.25) is 4.79 Å². The summed E-state index contributed by atoms with van der Waals surface area (Å²) in [7, 11) is 1.59. The molecule has 0 aliphatic carbocycles. The van der Waals surface area contributed by atoms with Gasteiger partial charge in [0.2, 0.25) is 5.91 Å². The first kappa shape index (κ1) is 23.4. The fraction of sp³-hybridized carbons (Fsp3) is 0.0741. The predicted molar refractivity (Wildman–Crippen MR) is 137 cm³/mol. The van der Waals surface area contributed by atoms with Crippen molar-refractivity contribution >= 4 is 35.0 Å². The topological polar surface area (TPSA) is 75.0 Å². The lowest BCUT2D eigenvalue weighted by atomic mass is 9.99. The van der Waals surface area contributed by atoms with E-state index in [1.165, 1.54) is 11.8 Å². The Morgan fingerprint density at radius 3 is 2.41 bits per heavy atom. The summed E-state index contributed by atoms with van der Waals surface area (Å²) < 4.78 is 5.14. The minimum Gasteiger partial charge on any atom is -0.497 e. The van der Waals surface area contributed by atoms with E-state index in [0.717, 1.165) is 11.1 Å². The fourth-order valence-corrected chi connectivity index (χ4v) is 4.43. The highest BCUT2D eigenvalue weighted by Crippen LogP contribution is 2.37. The molecule has 1 aromatic heterocycles. The van der Waals surface area contributed by atoms with Gasteiger partial charge in [-0.25, -0.2) is 4.98 Å². The predicted octanol–water partition coefficient (Wildman–Crippen LogP) is 6.68. The molecule has 0 saturated carbocycles. The molecule has 34 heavy (non-hydrogen) atoms. The number of halogens is 1. The molecule has 0 radical (unpaired) electrons. The van der Waals surface area contributed by atoms with E-state index in [1.807, 2.05) is 54.6 Å². The minimum absolute atomic E-state index is 0.0912. The average molecular weight is 486 g/mol. The standard InChI is InChI=1S/C27H20ClN3O2S/c1-33-20-13-11-19(12-14-20)30-26(32)17-34-27-23(16-29)22(21-9-5-6-10-24(21)28)15-25(31-27)18-7-3-2-4-8-18/h2-15H,17H2,1H3,(H,30,32). The summed E-state index contributed by atoms with van der Waals surface area (Å²) >= 11 is 7.68. The number of benzene rings is 3. The van der Waals surface area contributed by atoms with Crippen molar-refractivity contribution in [3.63, 3.8) is 0 Å². The number of methoxy groups -OCH3 is 1. The second-order valence-electron chi connectivity index (χ2n) is 7.26. The number of amides is 1. The number of pyridine rings is 1. The molecule has 0 unspecified atom stereocenters. The van der Waals surface area contributed by atoms with Crippen molar-refractivity contribution in [2.45, 2.75) is 5.03 Å². The van der Waals surface area contributed by atoms with E-state index in [0.29, 0.717) is 38.3 Å². The molecule has 0 atom stereocenters. The molecular formula is C27H20ClN3O2S. The lowest BCUT2D eigenvalue weighted by Crippen LogP contribution is -2.14. The number of hydrogen-bond donors (Lipinski definition) is 1. The number of ether oxygens (including phenoxy) is 1. The fourth-order valence-electron chi connectivity index (χ4n) is 3.39. The third-order valence-corrected chi connectivity index (χ3v) is 6.35. The van der Waals surface area contributed by atoms with Crippen LogP contribution < -0.4 is 10.1 Å². The number of nitrogens with one attached hydrogen (secondary N) is 1. The van der Waals surface area contributed by atoms with Gasteiger partial charge >= 0.3 is 0 Å². The average Bonchev–Trinajstić information content (AvgIpc) is 2.88. The van der Waals surface area contributed by atoms with E-state index >= 15 is 0 Å². The van der Waals surface area contributed by atoms with Crippen molar-refractivity contribution in [3.05, 3.63) is 95.5 Å². The van der Waals surface area contributed by atoms with Crippen LogP contribution in [0.15, 0.2) is 90.0 Å². The van der Waals surface area contributed by atoms with Gasteiger partial charge in [-0.2, -0.15) is 5.26 Å². The number of thioether (sulfide) groups is 1. The zero-order valence-electron chi connectivity index (χ0n) is 18.3. The van der Waals surface area contributed by atoms with Crippen LogP contribution in [0.25, 0.3) is 22.4 Å². The summed E-state index contributed by atoms with van der Waals surface area (Å²) in [5, 5.41) is 13.9. The van der Waals surface area contributed by atoms with Gasteiger partial charge in [-0.15, -0.1) is 0 Å². The van der Waals surface area contributed by atoms with Gasteiger partial charge in [-0.1, -0.05) is 71.9 Å². The Labute approximate surface area is 207 Å². The zero-order chi connectivity index (χ0) is 23.9. The van der Waals surface area contributed by atoms with Crippen LogP contribution in [0, 0.1) is 11.3 Å². The maximum absolute atomic E-state index is 12.6. The Morgan fingerprint density at radius 2 is 1.74 bits per heavy atom. The van der Waals surface area contributed by atoms with E-state index in [1.54, 1.807) is 37.4 Å². The highest BCUT2D eigenvalue weighted by atomic mass is 35.5. The van der Waals surface area contributed by atoms with Crippen molar-refractivity contribution in [3.8, 4) is 34.2 Å². The summed E-state index contributed by atoms with van der Waals surface area (Å²) in [5.74, 6) is 0.596. The van der Waals surface area contributed by atoms with Gasteiger partial charge in [0.1, 0.15) is 16.8 Å². The maximum Gasteiger partial charge on any atom is 0.234 e. The second kappa shape index (κ2) is 10.9. The minimum atomic E-state index is -0.203. The van der Waals surface area contributed by atoms with E-state index in [4.69, 9.17) is 21.3 Å². The molecule has 0 aliphatic heterocycles. The first-order chi connectivity index (χ1) is 16.6. The molecule has 3 aromatic carbocycles. The molecule has 0 aliphatic rings. The third kappa shape index (κ3) is 5.40. The smallest absolute Gasteiger partial charge is 0.234 e. The van der Waals surface area contributed by atoms with Crippen LogP contribution in [0.3, 0.4) is 0 Å². The number of carbonyl (C=O) groups is 1. The van der Waals surface area contributed by atoms with Crippen LogP contribution in [0.5, 0.6) is 5.75 Å². The van der Waals surface area contributed by atoms with Crippen LogP contribution in [-0.2, 0) is 4.79 Å². The number of carbonyl (C=O) groups excluding carboxylic acids is 1. The lowest BCUT2D eigenvalue weighted by Gasteiger charge is -2.13. The first-order valence-electron chi connectivity index (χ1n) is 10.4. The summed E-state index contributed by atoms with van der Waals surface area (Å²) in [6, 6.07) is 28.3. The molecule has 1 heterocycles. The van der Waals surface area contributed by atoms with Crippen molar-refractivity contribution in [1.82, 2.24) is 4.98 Å². The van der Waals surface area contributed by atoms with Gasteiger partial charge < -0.3 is 10.1 Å². The molecular weight excluding hydrogens is 466 g/mol. The molecule has 4 aromatic rings. The Hall–Kier alpha value is -3.79. The summed E-state index contributed by atoms with van der Waals surface area (Å²) in [5.41, 5.74) is 4.08. The zero-order valence-corrected chi connectivity index (χ0v) is 19.9.